The summed E-state index contributed by atoms with van der Waals surface area (Å²) in [7, 11) is -1.05. The van der Waals surface area contributed by atoms with Gasteiger partial charge in [-0.3, -0.25) is 0 Å². The third kappa shape index (κ3) is 1.13. The van der Waals surface area contributed by atoms with Crippen molar-refractivity contribution in [3.05, 3.63) is 63.5 Å². The summed E-state index contributed by atoms with van der Waals surface area (Å²) in [4.78, 5) is 0. The summed E-state index contributed by atoms with van der Waals surface area (Å²) < 4.78 is 0. The van der Waals surface area contributed by atoms with Gasteiger partial charge < -0.3 is 0 Å². The lowest BCUT2D eigenvalue weighted by Crippen LogP contribution is -2.06. The van der Waals surface area contributed by atoms with Crippen molar-refractivity contribution in [2.24, 2.45) is 0 Å². The van der Waals surface area contributed by atoms with Crippen molar-refractivity contribution in [2.45, 2.75) is 25.4 Å². The van der Waals surface area contributed by atoms with Gasteiger partial charge in [-0.25, -0.2) is 0 Å². The lowest BCUT2D eigenvalue weighted by atomic mass is 9.92. The fraction of sp³-hybridized carbons (Fsp3) is 0.250. The first-order chi connectivity index (χ1) is 8.19. The molecule has 1 fully saturated rings. The topological polar surface area (TPSA) is 0 Å². The van der Waals surface area contributed by atoms with E-state index in [4.69, 9.17) is 0 Å². The van der Waals surface area contributed by atoms with Crippen LogP contribution in [0.25, 0.3) is 6.08 Å². The predicted octanol–water partition coefficient (Wildman–Crippen LogP) is 4.22. The number of fused-ring (bicyclic) bond motifs is 2. The molecule has 0 N–H and O–H groups in total. The molecule has 2 aliphatic carbocycles. The Kier molecular flexibility index (Phi) is 1.65. The maximum absolute atomic E-state index is 2.49. The molecule has 0 spiro atoms. The summed E-state index contributed by atoms with van der Waals surface area (Å²) in [6.07, 6.45) is 8.38. The highest BCUT2D eigenvalue weighted by molar-refractivity contribution is 7.06. The van der Waals surface area contributed by atoms with Gasteiger partial charge in [-0.05, 0) is 17.5 Å². The summed E-state index contributed by atoms with van der Waals surface area (Å²) in [5.74, 6) is 0.573. The molecule has 1 unspecified atom stereocenters. The van der Waals surface area contributed by atoms with Gasteiger partial charge in [0.2, 0.25) is 0 Å². The molecule has 0 amide bonds. The second-order valence-corrected chi connectivity index (χ2v) is 10.1. The zero-order valence-corrected chi connectivity index (χ0v) is 11.3. The van der Waals surface area contributed by atoms with Gasteiger partial charge >= 0.3 is 0 Å². The number of rotatable bonds is 1. The Morgan fingerprint density at radius 1 is 1.18 bits per heavy atom. The van der Waals surface area contributed by atoms with Crippen LogP contribution in [0.1, 0.15) is 23.5 Å². The second-order valence-electron chi connectivity index (χ2n) is 5.81. The van der Waals surface area contributed by atoms with Crippen LogP contribution in [0, 0.1) is 0 Å². The van der Waals surface area contributed by atoms with Crippen molar-refractivity contribution >= 4 is 14.1 Å². The molecule has 17 heavy (non-hydrogen) atoms. The third-order valence-electron chi connectivity index (χ3n) is 4.53. The molecule has 0 radical (unpaired) electrons. The van der Waals surface area contributed by atoms with Gasteiger partial charge in [0, 0.05) is 5.92 Å². The number of allylic oxidation sites excluding steroid dienone is 5. The van der Waals surface area contributed by atoms with Crippen LogP contribution in [0.2, 0.25) is 13.1 Å². The van der Waals surface area contributed by atoms with Crippen LogP contribution in [-0.4, -0.2) is 8.07 Å². The van der Waals surface area contributed by atoms with Crippen molar-refractivity contribution in [3.63, 3.8) is 0 Å². The van der Waals surface area contributed by atoms with E-state index in [-0.39, 0.29) is 0 Å². The van der Waals surface area contributed by atoms with E-state index >= 15 is 0 Å². The van der Waals surface area contributed by atoms with E-state index in [1.54, 1.807) is 16.0 Å². The molecular formula is C16H16Si. The Hall–Kier alpha value is -1.34. The van der Waals surface area contributed by atoms with Crippen LogP contribution in [0.15, 0.2) is 52.4 Å². The largest absolute Gasteiger partial charge is 0.111 e. The van der Waals surface area contributed by atoms with Gasteiger partial charge in [-0.15, -0.1) is 0 Å². The number of hydrogen-bond acceptors (Lipinski definition) is 0. The highest BCUT2D eigenvalue weighted by Crippen LogP contribution is 2.57. The molecule has 0 saturated carbocycles. The molecule has 1 atom stereocenters. The Balaban J connectivity index is 1.82. The second kappa shape index (κ2) is 2.91. The van der Waals surface area contributed by atoms with Crippen molar-refractivity contribution in [3.8, 4) is 0 Å². The molecule has 4 rings (SSSR count). The Morgan fingerprint density at radius 2 is 2.00 bits per heavy atom. The van der Waals surface area contributed by atoms with Crippen LogP contribution in [0.5, 0.6) is 0 Å². The van der Waals surface area contributed by atoms with Crippen molar-refractivity contribution < 1.29 is 0 Å². The van der Waals surface area contributed by atoms with E-state index in [1.807, 2.05) is 0 Å². The maximum Gasteiger partial charge on any atom is 0.111 e. The lowest BCUT2D eigenvalue weighted by molar-refractivity contribution is 0.970. The molecule has 1 aromatic carbocycles. The molecule has 3 aliphatic rings. The lowest BCUT2D eigenvalue weighted by Gasteiger charge is -2.14. The van der Waals surface area contributed by atoms with Crippen molar-refractivity contribution in [2.75, 3.05) is 0 Å². The van der Waals surface area contributed by atoms with E-state index in [0.29, 0.717) is 5.92 Å². The van der Waals surface area contributed by atoms with Crippen LogP contribution in [-0.2, 0) is 0 Å². The number of benzene rings is 1. The van der Waals surface area contributed by atoms with Gasteiger partial charge in [0.25, 0.3) is 0 Å². The molecule has 0 bridgehead atoms. The number of hydrogen-bond donors (Lipinski definition) is 0. The quantitative estimate of drug-likeness (QED) is 0.640. The SMILES string of the molecule is C[Si]1(C)C2=CCC(C3C=Cc4ccccc43)=C21. The zero-order chi connectivity index (χ0) is 11.6. The summed E-state index contributed by atoms with van der Waals surface area (Å²) in [5, 5.41) is 3.52. The van der Waals surface area contributed by atoms with Crippen LogP contribution >= 0.6 is 0 Å². The van der Waals surface area contributed by atoms with E-state index in [0.717, 1.165) is 0 Å². The highest BCUT2D eigenvalue weighted by atomic mass is 28.3. The van der Waals surface area contributed by atoms with Gasteiger partial charge in [0.15, 0.2) is 0 Å². The smallest absolute Gasteiger partial charge is 0.0809 e. The average molecular weight is 236 g/mol. The first kappa shape index (κ1) is 9.66. The van der Waals surface area contributed by atoms with Crippen molar-refractivity contribution in [1.82, 2.24) is 0 Å². The fourth-order valence-corrected chi connectivity index (χ4v) is 7.26. The van der Waals surface area contributed by atoms with Gasteiger partial charge in [-0.2, -0.15) is 0 Å². The van der Waals surface area contributed by atoms with Crippen molar-refractivity contribution in [1.29, 1.82) is 0 Å². The minimum atomic E-state index is -1.05. The third-order valence-corrected chi connectivity index (χ3v) is 7.92. The Morgan fingerprint density at radius 3 is 2.76 bits per heavy atom. The Bertz CT molecular complexity index is 614. The maximum atomic E-state index is 2.49. The Labute approximate surface area is 103 Å². The monoisotopic (exact) mass is 236 g/mol. The minimum Gasteiger partial charge on any atom is -0.0809 e. The summed E-state index contributed by atoms with van der Waals surface area (Å²) in [5.41, 5.74) is 4.64. The molecule has 0 nitrogen and oxygen atoms in total. The molecule has 1 saturated heterocycles. The molecular weight excluding hydrogens is 220 g/mol. The zero-order valence-electron chi connectivity index (χ0n) is 10.3. The molecule has 84 valence electrons. The minimum absolute atomic E-state index is 0.573. The highest BCUT2D eigenvalue weighted by Gasteiger charge is 2.53. The van der Waals surface area contributed by atoms with E-state index in [9.17, 15) is 0 Å². The van der Waals surface area contributed by atoms with E-state index < -0.39 is 8.07 Å². The van der Waals surface area contributed by atoms with Gasteiger partial charge in [0.05, 0.1) is 0 Å². The standard InChI is InChI=1S/C16H16Si/c1-17(2)15-10-9-14(16(15)17)13-8-7-11-5-3-4-6-12(11)13/h3-8,10,13H,9H2,1-2H3. The molecule has 0 aromatic heterocycles. The summed E-state index contributed by atoms with van der Waals surface area (Å²) >= 11 is 0. The first-order valence-corrected chi connectivity index (χ1v) is 9.41. The van der Waals surface area contributed by atoms with E-state index in [1.165, 1.54) is 17.5 Å². The molecule has 1 aromatic rings. The molecule has 1 heterocycles. The predicted molar refractivity (Wildman–Crippen MR) is 75.4 cm³/mol. The van der Waals surface area contributed by atoms with Crippen LogP contribution in [0.3, 0.4) is 0 Å². The van der Waals surface area contributed by atoms with Gasteiger partial charge in [0.1, 0.15) is 8.07 Å². The van der Waals surface area contributed by atoms with Crippen LogP contribution < -0.4 is 0 Å². The average Bonchev–Trinajstić information content (AvgIpc) is 2.78. The van der Waals surface area contributed by atoms with E-state index in [2.05, 4.69) is 55.6 Å². The van der Waals surface area contributed by atoms with Gasteiger partial charge in [-0.1, -0.05) is 71.6 Å². The summed E-state index contributed by atoms with van der Waals surface area (Å²) in [6.45, 7) is 4.97. The molecule has 1 heteroatoms. The molecule has 1 aliphatic heterocycles. The fourth-order valence-electron chi connectivity index (χ4n) is 3.58. The summed E-state index contributed by atoms with van der Waals surface area (Å²) in [6, 6.07) is 8.83. The first-order valence-electron chi connectivity index (χ1n) is 6.41. The normalized spacial score (nSPS) is 26.9. The van der Waals surface area contributed by atoms with Crippen LogP contribution in [0.4, 0.5) is 0 Å².